The van der Waals surface area contributed by atoms with Crippen LogP contribution in [0.15, 0.2) is 0 Å². The van der Waals surface area contributed by atoms with Crippen LogP contribution in [-0.2, 0) is 4.79 Å². The van der Waals surface area contributed by atoms with Crippen molar-refractivity contribution in [3.05, 3.63) is 0 Å². The Balaban J connectivity index is 1.75. The first-order valence-electron chi connectivity index (χ1n) is 8.13. The molecule has 1 amide bonds. The molecule has 2 aliphatic carbocycles. The molecular weight excluding hydrogens is 236 g/mol. The molecular formula is C16H30N2O. The summed E-state index contributed by atoms with van der Waals surface area (Å²) in [7, 11) is 4.04. The van der Waals surface area contributed by atoms with Crippen molar-refractivity contribution in [2.45, 2.75) is 63.8 Å². The standard InChI is InChI=1S/C16H30N2O/c1-17-15-10-8-14(9-11-15)16(19)18(2)12-13-6-4-3-5-7-13/h13-15,17H,3-12H2,1-2H3. The molecule has 2 fully saturated rings. The van der Waals surface area contributed by atoms with Gasteiger partial charge < -0.3 is 10.2 Å². The van der Waals surface area contributed by atoms with E-state index >= 15 is 0 Å². The van der Waals surface area contributed by atoms with Crippen LogP contribution in [0.2, 0.25) is 0 Å². The number of amides is 1. The van der Waals surface area contributed by atoms with Gasteiger partial charge in [-0.3, -0.25) is 4.79 Å². The van der Waals surface area contributed by atoms with Crippen LogP contribution in [-0.4, -0.2) is 37.5 Å². The quantitative estimate of drug-likeness (QED) is 0.848. The Bertz CT molecular complexity index is 278. The highest BCUT2D eigenvalue weighted by Crippen LogP contribution is 2.28. The van der Waals surface area contributed by atoms with E-state index in [1.807, 2.05) is 19.0 Å². The molecule has 0 bridgehead atoms. The lowest BCUT2D eigenvalue weighted by Gasteiger charge is -2.32. The maximum absolute atomic E-state index is 12.5. The van der Waals surface area contributed by atoms with Crippen molar-refractivity contribution in [3.63, 3.8) is 0 Å². The molecule has 1 N–H and O–H groups in total. The number of rotatable bonds is 4. The van der Waals surface area contributed by atoms with E-state index in [1.54, 1.807) is 0 Å². The Kier molecular flexibility index (Phi) is 5.68. The predicted octanol–water partition coefficient (Wildman–Crippen LogP) is 2.80. The largest absolute Gasteiger partial charge is 0.345 e. The Morgan fingerprint density at radius 1 is 1.05 bits per heavy atom. The first-order chi connectivity index (χ1) is 9.20. The first kappa shape index (κ1) is 14.8. The summed E-state index contributed by atoms with van der Waals surface area (Å²) >= 11 is 0. The van der Waals surface area contributed by atoms with Gasteiger partial charge in [-0.1, -0.05) is 19.3 Å². The summed E-state index contributed by atoms with van der Waals surface area (Å²) in [6, 6.07) is 0.632. The van der Waals surface area contributed by atoms with Crippen LogP contribution >= 0.6 is 0 Å². The lowest BCUT2D eigenvalue weighted by Crippen LogP contribution is -2.40. The molecule has 2 rings (SSSR count). The smallest absolute Gasteiger partial charge is 0.225 e. The maximum Gasteiger partial charge on any atom is 0.225 e. The van der Waals surface area contributed by atoms with Crippen molar-refractivity contribution in [2.75, 3.05) is 20.6 Å². The van der Waals surface area contributed by atoms with Gasteiger partial charge in [-0.15, -0.1) is 0 Å². The van der Waals surface area contributed by atoms with Crippen LogP contribution in [0.3, 0.4) is 0 Å². The Hall–Kier alpha value is -0.570. The van der Waals surface area contributed by atoms with E-state index in [4.69, 9.17) is 0 Å². The number of nitrogens with zero attached hydrogens (tertiary/aromatic N) is 1. The zero-order valence-corrected chi connectivity index (χ0v) is 12.7. The van der Waals surface area contributed by atoms with E-state index in [0.29, 0.717) is 11.9 Å². The average Bonchev–Trinajstić information content (AvgIpc) is 2.47. The summed E-state index contributed by atoms with van der Waals surface area (Å²) in [5.74, 6) is 1.45. The van der Waals surface area contributed by atoms with E-state index in [2.05, 4.69) is 5.32 Å². The van der Waals surface area contributed by atoms with Gasteiger partial charge in [0.15, 0.2) is 0 Å². The molecule has 2 aliphatic rings. The molecule has 3 nitrogen and oxygen atoms in total. The predicted molar refractivity (Wildman–Crippen MR) is 79.0 cm³/mol. The number of carbonyl (C=O) groups is 1. The molecule has 0 unspecified atom stereocenters. The molecule has 2 saturated carbocycles. The van der Waals surface area contributed by atoms with Crippen LogP contribution < -0.4 is 5.32 Å². The second-order valence-electron chi connectivity index (χ2n) is 6.56. The molecule has 0 heterocycles. The summed E-state index contributed by atoms with van der Waals surface area (Å²) in [4.78, 5) is 14.5. The monoisotopic (exact) mass is 266 g/mol. The van der Waals surface area contributed by atoms with Crippen LogP contribution in [0.1, 0.15) is 57.8 Å². The van der Waals surface area contributed by atoms with Gasteiger partial charge in [-0.25, -0.2) is 0 Å². The highest BCUT2D eigenvalue weighted by molar-refractivity contribution is 5.78. The molecule has 0 atom stereocenters. The minimum absolute atomic E-state index is 0.290. The summed E-state index contributed by atoms with van der Waals surface area (Å²) in [6.45, 7) is 0.991. The van der Waals surface area contributed by atoms with Crippen LogP contribution in [0.25, 0.3) is 0 Å². The highest BCUT2D eigenvalue weighted by atomic mass is 16.2. The number of hydrogen-bond acceptors (Lipinski definition) is 2. The van der Waals surface area contributed by atoms with Gasteiger partial charge in [0, 0.05) is 25.6 Å². The molecule has 110 valence electrons. The topological polar surface area (TPSA) is 32.3 Å². The van der Waals surface area contributed by atoms with Crippen molar-refractivity contribution in [2.24, 2.45) is 11.8 Å². The molecule has 0 aliphatic heterocycles. The van der Waals surface area contributed by atoms with E-state index in [0.717, 1.165) is 38.1 Å². The van der Waals surface area contributed by atoms with E-state index in [9.17, 15) is 4.79 Å². The van der Waals surface area contributed by atoms with Crippen LogP contribution in [0, 0.1) is 11.8 Å². The fraction of sp³-hybridized carbons (Fsp3) is 0.938. The normalized spacial score (nSPS) is 29.2. The van der Waals surface area contributed by atoms with E-state index in [1.165, 1.54) is 32.1 Å². The minimum Gasteiger partial charge on any atom is -0.345 e. The summed E-state index contributed by atoms with van der Waals surface area (Å²) < 4.78 is 0. The van der Waals surface area contributed by atoms with Gasteiger partial charge in [0.25, 0.3) is 0 Å². The zero-order chi connectivity index (χ0) is 13.7. The molecule has 0 spiro atoms. The van der Waals surface area contributed by atoms with Gasteiger partial charge >= 0.3 is 0 Å². The minimum atomic E-state index is 0.290. The fourth-order valence-electron chi connectivity index (χ4n) is 3.79. The lowest BCUT2D eigenvalue weighted by molar-refractivity contribution is -0.136. The van der Waals surface area contributed by atoms with Crippen LogP contribution in [0.4, 0.5) is 0 Å². The van der Waals surface area contributed by atoms with Crippen molar-refractivity contribution < 1.29 is 4.79 Å². The van der Waals surface area contributed by atoms with Crippen molar-refractivity contribution >= 4 is 5.91 Å². The van der Waals surface area contributed by atoms with Gasteiger partial charge in [0.2, 0.25) is 5.91 Å². The Morgan fingerprint density at radius 3 is 2.26 bits per heavy atom. The Morgan fingerprint density at radius 2 is 1.68 bits per heavy atom. The average molecular weight is 266 g/mol. The molecule has 3 heteroatoms. The summed E-state index contributed by atoms with van der Waals surface area (Å²) in [5.41, 5.74) is 0. The maximum atomic E-state index is 12.5. The molecule has 0 aromatic rings. The molecule has 0 saturated heterocycles. The molecule has 0 radical (unpaired) electrons. The summed E-state index contributed by atoms with van der Waals surface area (Å²) in [5, 5.41) is 3.33. The summed E-state index contributed by atoms with van der Waals surface area (Å²) in [6.07, 6.45) is 11.2. The van der Waals surface area contributed by atoms with Gasteiger partial charge in [0.05, 0.1) is 0 Å². The fourth-order valence-corrected chi connectivity index (χ4v) is 3.79. The van der Waals surface area contributed by atoms with Crippen molar-refractivity contribution in [1.29, 1.82) is 0 Å². The SMILES string of the molecule is CNC1CCC(C(=O)N(C)CC2CCCCC2)CC1. The molecule has 0 aromatic heterocycles. The van der Waals surface area contributed by atoms with Crippen molar-refractivity contribution in [3.8, 4) is 0 Å². The molecule has 19 heavy (non-hydrogen) atoms. The lowest BCUT2D eigenvalue weighted by atomic mass is 9.84. The van der Waals surface area contributed by atoms with Gasteiger partial charge in [-0.05, 0) is 51.5 Å². The van der Waals surface area contributed by atoms with E-state index in [-0.39, 0.29) is 5.92 Å². The third kappa shape index (κ3) is 4.20. The third-order valence-electron chi connectivity index (χ3n) is 5.12. The van der Waals surface area contributed by atoms with Gasteiger partial charge in [-0.2, -0.15) is 0 Å². The molecule has 0 aromatic carbocycles. The second kappa shape index (κ2) is 7.28. The third-order valence-corrected chi connectivity index (χ3v) is 5.12. The Labute approximate surface area is 118 Å². The highest BCUT2D eigenvalue weighted by Gasteiger charge is 2.28. The number of nitrogens with one attached hydrogen (secondary N) is 1. The number of carbonyl (C=O) groups excluding carboxylic acids is 1. The second-order valence-corrected chi connectivity index (χ2v) is 6.56. The van der Waals surface area contributed by atoms with Gasteiger partial charge in [0.1, 0.15) is 0 Å². The zero-order valence-electron chi connectivity index (χ0n) is 12.7. The van der Waals surface area contributed by atoms with E-state index < -0.39 is 0 Å². The number of hydrogen-bond donors (Lipinski definition) is 1. The first-order valence-corrected chi connectivity index (χ1v) is 8.13. The van der Waals surface area contributed by atoms with Crippen LogP contribution in [0.5, 0.6) is 0 Å². The van der Waals surface area contributed by atoms with Crippen molar-refractivity contribution in [1.82, 2.24) is 10.2 Å².